The summed E-state index contributed by atoms with van der Waals surface area (Å²) in [6, 6.07) is 17.0. The van der Waals surface area contributed by atoms with Crippen LogP contribution in [0, 0.1) is 0 Å². The van der Waals surface area contributed by atoms with Crippen molar-refractivity contribution in [2.24, 2.45) is 0 Å². The zero-order chi connectivity index (χ0) is 20.4. The monoisotopic (exact) mass is 396 g/mol. The molecule has 0 spiro atoms. The third-order valence-corrected chi connectivity index (χ3v) is 4.83. The second-order valence-electron chi connectivity index (χ2n) is 7.00. The van der Waals surface area contributed by atoms with Crippen molar-refractivity contribution in [1.82, 2.24) is 30.6 Å². The Labute approximate surface area is 176 Å². The summed E-state index contributed by atoms with van der Waals surface area (Å²) in [5.41, 5.74) is 6.85. The summed E-state index contributed by atoms with van der Waals surface area (Å²) in [5.74, 6) is 0. The van der Waals surface area contributed by atoms with Crippen LogP contribution in [0.3, 0.4) is 0 Å². The van der Waals surface area contributed by atoms with Gasteiger partial charge in [0.05, 0.1) is 0 Å². The Hall–Kier alpha value is -3.48. The second kappa shape index (κ2) is 10.3. The van der Waals surface area contributed by atoms with Crippen molar-refractivity contribution in [2.75, 3.05) is 13.1 Å². The number of hydrogen-bond acceptors (Lipinski definition) is 6. The fraction of sp³-hybridized carbons (Fsp3) is 0.167. The lowest BCUT2D eigenvalue weighted by molar-refractivity contribution is 0.611. The van der Waals surface area contributed by atoms with Crippen LogP contribution < -0.4 is 10.6 Å². The summed E-state index contributed by atoms with van der Waals surface area (Å²) < 4.78 is 0. The predicted octanol–water partition coefficient (Wildman–Crippen LogP) is 3.48. The van der Waals surface area contributed by atoms with Gasteiger partial charge >= 0.3 is 0 Å². The minimum Gasteiger partial charge on any atom is -0.311 e. The van der Waals surface area contributed by atoms with Gasteiger partial charge in [-0.05, 0) is 22.3 Å². The van der Waals surface area contributed by atoms with Crippen LogP contribution in [-0.2, 0) is 13.1 Å². The van der Waals surface area contributed by atoms with Crippen LogP contribution in [0.25, 0.3) is 22.3 Å². The van der Waals surface area contributed by atoms with Crippen molar-refractivity contribution in [2.45, 2.75) is 13.1 Å². The van der Waals surface area contributed by atoms with Gasteiger partial charge in [0.2, 0.25) is 0 Å². The highest BCUT2D eigenvalue weighted by molar-refractivity contribution is 5.62. The van der Waals surface area contributed by atoms with Crippen LogP contribution >= 0.6 is 0 Å². The molecule has 30 heavy (non-hydrogen) atoms. The van der Waals surface area contributed by atoms with E-state index in [1.54, 1.807) is 12.7 Å². The Morgan fingerprint density at radius 1 is 0.467 bits per heavy atom. The topological polar surface area (TPSA) is 75.6 Å². The lowest BCUT2D eigenvalue weighted by atomic mass is 10.1. The normalized spacial score (nSPS) is 10.8. The molecule has 0 aliphatic heterocycles. The molecule has 0 bridgehead atoms. The highest BCUT2D eigenvalue weighted by Gasteiger charge is 2.00. The van der Waals surface area contributed by atoms with Crippen LogP contribution in [0.15, 0.2) is 86.0 Å². The first kappa shape index (κ1) is 19.8. The van der Waals surface area contributed by atoms with Gasteiger partial charge in [0.15, 0.2) is 0 Å². The maximum absolute atomic E-state index is 4.07. The van der Waals surface area contributed by atoms with E-state index in [0.717, 1.165) is 48.4 Å². The zero-order valence-electron chi connectivity index (χ0n) is 16.7. The van der Waals surface area contributed by atoms with Gasteiger partial charge in [-0.3, -0.25) is 0 Å². The fourth-order valence-corrected chi connectivity index (χ4v) is 3.17. The van der Waals surface area contributed by atoms with E-state index in [0.29, 0.717) is 0 Å². The Morgan fingerprint density at radius 3 is 1.20 bits per heavy atom. The van der Waals surface area contributed by atoms with Crippen molar-refractivity contribution in [3.8, 4) is 22.3 Å². The molecular formula is C24H24N6. The average Bonchev–Trinajstić information content (AvgIpc) is 2.83. The van der Waals surface area contributed by atoms with Crippen LogP contribution in [0.4, 0.5) is 0 Å². The highest BCUT2D eigenvalue weighted by Crippen LogP contribution is 2.18. The first-order valence-electron chi connectivity index (χ1n) is 9.98. The van der Waals surface area contributed by atoms with Gasteiger partial charge in [0.1, 0.15) is 12.7 Å². The Kier molecular flexibility index (Phi) is 6.83. The van der Waals surface area contributed by atoms with Crippen molar-refractivity contribution in [3.63, 3.8) is 0 Å². The molecule has 6 heteroatoms. The van der Waals surface area contributed by atoms with E-state index < -0.39 is 0 Å². The third kappa shape index (κ3) is 5.53. The number of nitrogens with zero attached hydrogens (tertiary/aromatic N) is 4. The SMILES string of the molecule is c1ncc(-c2ccc(CNCCNCc3ccc(-c4cncnc4)cc3)cc2)cn1. The molecule has 0 saturated carbocycles. The Bertz CT molecular complexity index is 932. The molecule has 0 aliphatic rings. The summed E-state index contributed by atoms with van der Waals surface area (Å²) in [5, 5.41) is 6.95. The zero-order valence-corrected chi connectivity index (χ0v) is 16.7. The van der Waals surface area contributed by atoms with E-state index >= 15 is 0 Å². The molecule has 2 aromatic heterocycles. The van der Waals surface area contributed by atoms with Crippen molar-refractivity contribution < 1.29 is 0 Å². The molecule has 0 radical (unpaired) electrons. The lowest BCUT2D eigenvalue weighted by Crippen LogP contribution is -2.26. The molecule has 4 aromatic rings. The van der Waals surface area contributed by atoms with Crippen molar-refractivity contribution in [1.29, 1.82) is 0 Å². The largest absolute Gasteiger partial charge is 0.311 e. The Morgan fingerprint density at radius 2 is 0.833 bits per heavy atom. The van der Waals surface area contributed by atoms with Gasteiger partial charge < -0.3 is 10.6 Å². The third-order valence-electron chi connectivity index (χ3n) is 4.83. The standard InChI is InChI=1S/C24H24N6/c1-5-21(23-13-27-17-28-14-23)6-2-19(1)11-25-9-10-26-12-20-3-7-22(8-4-20)24-15-29-18-30-16-24/h1-8,13-18,25-26H,9-12H2. The molecule has 0 unspecified atom stereocenters. The van der Waals surface area contributed by atoms with E-state index in [9.17, 15) is 0 Å². The molecule has 150 valence electrons. The first-order valence-corrected chi connectivity index (χ1v) is 9.98. The van der Waals surface area contributed by atoms with Gasteiger partial charge in [-0.25, -0.2) is 19.9 Å². The van der Waals surface area contributed by atoms with Crippen LogP contribution in [0.2, 0.25) is 0 Å². The number of benzene rings is 2. The van der Waals surface area contributed by atoms with E-state index in [1.165, 1.54) is 11.1 Å². The number of hydrogen-bond donors (Lipinski definition) is 2. The van der Waals surface area contributed by atoms with Gasteiger partial charge in [0.25, 0.3) is 0 Å². The Balaban J connectivity index is 1.15. The quantitative estimate of drug-likeness (QED) is 0.422. The van der Waals surface area contributed by atoms with E-state index in [-0.39, 0.29) is 0 Å². The van der Waals surface area contributed by atoms with Crippen LogP contribution in [0.5, 0.6) is 0 Å². The predicted molar refractivity (Wildman–Crippen MR) is 118 cm³/mol. The number of nitrogens with one attached hydrogen (secondary N) is 2. The maximum Gasteiger partial charge on any atom is 0.115 e. The van der Waals surface area contributed by atoms with Crippen molar-refractivity contribution >= 4 is 0 Å². The average molecular weight is 396 g/mol. The molecule has 6 nitrogen and oxygen atoms in total. The molecule has 2 heterocycles. The van der Waals surface area contributed by atoms with E-state index in [2.05, 4.69) is 79.1 Å². The summed E-state index contributed by atoms with van der Waals surface area (Å²) in [7, 11) is 0. The maximum atomic E-state index is 4.07. The number of aromatic nitrogens is 4. The van der Waals surface area contributed by atoms with Crippen LogP contribution in [0.1, 0.15) is 11.1 Å². The van der Waals surface area contributed by atoms with Crippen molar-refractivity contribution in [3.05, 3.63) is 97.1 Å². The van der Waals surface area contributed by atoms with Gasteiger partial charge in [-0.1, -0.05) is 48.5 Å². The smallest absolute Gasteiger partial charge is 0.115 e. The minimum atomic E-state index is 0.848. The van der Waals surface area contributed by atoms with E-state index in [4.69, 9.17) is 0 Å². The fourth-order valence-electron chi connectivity index (χ4n) is 3.17. The summed E-state index contributed by atoms with van der Waals surface area (Å²) >= 11 is 0. The van der Waals surface area contributed by atoms with E-state index in [1.807, 2.05) is 24.8 Å². The van der Waals surface area contributed by atoms with Gasteiger partial charge in [0, 0.05) is 62.1 Å². The van der Waals surface area contributed by atoms with Crippen LogP contribution in [-0.4, -0.2) is 33.0 Å². The summed E-state index contributed by atoms with van der Waals surface area (Å²) in [4.78, 5) is 16.3. The lowest BCUT2D eigenvalue weighted by Gasteiger charge is -2.08. The molecular weight excluding hydrogens is 372 g/mol. The summed E-state index contributed by atoms with van der Waals surface area (Å²) in [6.07, 6.45) is 10.4. The van der Waals surface area contributed by atoms with Gasteiger partial charge in [-0.15, -0.1) is 0 Å². The summed E-state index contributed by atoms with van der Waals surface area (Å²) in [6.45, 7) is 3.52. The molecule has 0 amide bonds. The molecule has 2 aromatic carbocycles. The molecule has 0 saturated heterocycles. The number of rotatable bonds is 9. The molecule has 0 aliphatic carbocycles. The molecule has 4 rings (SSSR count). The molecule has 0 atom stereocenters. The highest BCUT2D eigenvalue weighted by atomic mass is 14.9. The van der Waals surface area contributed by atoms with Gasteiger partial charge in [-0.2, -0.15) is 0 Å². The first-order chi connectivity index (χ1) is 14.9. The molecule has 2 N–H and O–H groups in total. The minimum absolute atomic E-state index is 0.848. The molecule has 0 fully saturated rings. The second-order valence-corrected chi connectivity index (χ2v) is 7.00.